The molecule has 4 heteroatoms. The fraction of sp³-hybridized carbons (Fsp3) is 0.714. The second-order valence-electron chi connectivity index (χ2n) is 5.78. The summed E-state index contributed by atoms with van der Waals surface area (Å²) in [7, 11) is 0. The molecule has 0 amide bonds. The number of hydrogen-bond acceptors (Lipinski definition) is 4. The molecule has 2 saturated heterocycles. The van der Waals surface area contributed by atoms with Crippen LogP contribution in [0.3, 0.4) is 0 Å². The van der Waals surface area contributed by atoms with Gasteiger partial charge in [-0.3, -0.25) is 4.90 Å². The third kappa shape index (κ3) is 1.98. The molecule has 0 aromatic carbocycles. The Morgan fingerprint density at radius 3 is 2.56 bits per heavy atom. The molecular weight excluding hydrogens is 228 g/mol. The third-order valence-electron chi connectivity index (χ3n) is 4.42. The lowest BCUT2D eigenvalue weighted by Crippen LogP contribution is -2.50. The molecule has 0 saturated carbocycles. The molecule has 4 atom stereocenters. The number of furan rings is 1. The molecule has 2 aliphatic heterocycles. The summed E-state index contributed by atoms with van der Waals surface area (Å²) in [5, 5.41) is 9.88. The van der Waals surface area contributed by atoms with Gasteiger partial charge in [0.25, 0.3) is 0 Å². The molecule has 1 aromatic heterocycles. The van der Waals surface area contributed by atoms with Crippen LogP contribution in [0.1, 0.15) is 44.4 Å². The van der Waals surface area contributed by atoms with Gasteiger partial charge in [-0.05, 0) is 44.7 Å². The van der Waals surface area contributed by atoms with E-state index < -0.39 is 0 Å². The van der Waals surface area contributed by atoms with Gasteiger partial charge >= 0.3 is 0 Å². The van der Waals surface area contributed by atoms with Crippen molar-refractivity contribution >= 4 is 0 Å². The Bertz CT molecular complexity index is 377. The van der Waals surface area contributed by atoms with Crippen LogP contribution in [0.25, 0.3) is 0 Å². The van der Waals surface area contributed by atoms with E-state index in [1.807, 2.05) is 19.1 Å². The highest BCUT2D eigenvalue weighted by molar-refractivity contribution is 5.11. The summed E-state index contributed by atoms with van der Waals surface area (Å²) in [6.45, 7) is 2.04. The van der Waals surface area contributed by atoms with Crippen molar-refractivity contribution in [3.63, 3.8) is 0 Å². The lowest BCUT2D eigenvalue weighted by Gasteiger charge is -2.43. The van der Waals surface area contributed by atoms with Crippen LogP contribution in [0.4, 0.5) is 0 Å². The van der Waals surface area contributed by atoms with Crippen molar-refractivity contribution in [2.24, 2.45) is 5.73 Å². The average Bonchev–Trinajstić information content (AvgIpc) is 2.89. The summed E-state index contributed by atoms with van der Waals surface area (Å²) in [6.07, 6.45) is 5.67. The van der Waals surface area contributed by atoms with Crippen LogP contribution < -0.4 is 5.73 Å². The van der Waals surface area contributed by atoms with Crippen LogP contribution in [0.2, 0.25) is 0 Å². The quantitative estimate of drug-likeness (QED) is 0.856. The summed E-state index contributed by atoms with van der Waals surface area (Å²) >= 11 is 0. The van der Waals surface area contributed by atoms with E-state index >= 15 is 0 Å². The van der Waals surface area contributed by atoms with Gasteiger partial charge in [0.15, 0.2) is 0 Å². The minimum absolute atomic E-state index is 0.0366. The van der Waals surface area contributed by atoms with Crippen molar-refractivity contribution < 1.29 is 9.52 Å². The molecule has 3 heterocycles. The molecule has 3 N–H and O–H groups in total. The van der Waals surface area contributed by atoms with Crippen molar-refractivity contribution in [2.75, 3.05) is 0 Å². The smallest absolute Gasteiger partial charge is 0.122 e. The van der Waals surface area contributed by atoms with E-state index in [4.69, 9.17) is 10.2 Å². The van der Waals surface area contributed by atoms with Crippen LogP contribution in [0.15, 0.2) is 22.8 Å². The second-order valence-corrected chi connectivity index (χ2v) is 5.78. The first kappa shape index (κ1) is 12.2. The zero-order valence-electron chi connectivity index (χ0n) is 10.8. The van der Waals surface area contributed by atoms with Gasteiger partial charge in [0, 0.05) is 18.1 Å². The van der Waals surface area contributed by atoms with Crippen molar-refractivity contribution in [2.45, 2.75) is 62.9 Å². The fourth-order valence-electron chi connectivity index (χ4n) is 3.78. The van der Waals surface area contributed by atoms with E-state index in [0.717, 1.165) is 18.6 Å². The zero-order valence-corrected chi connectivity index (χ0v) is 10.8. The van der Waals surface area contributed by atoms with Gasteiger partial charge in [0.1, 0.15) is 5.76 Å². The van der Waals surface area contributed by atoms with Gasteiger partial charge in [-0.2, -0.15) is 0 Å². The van der Waals surface area contributed by atoms with E-state index in [-0.39, 0.29) is 18.2 Å². The van der Waals surface area contributed by atoms with Crippen LogP contribution in [0, 0.1) is 0 Å². The van der Waals surface area contributed by atoms with Gasteiger partial charge in [-0.25, -0.2) is 0 Å². The maximum Gasteiger partial charge on any atom is 0.122 e. The molecule has 100 valence electrons. The standard InChI is InChI=1S/C14H22N2O2/c1-9(15)14(13-3-2-6-18-13)16-10-4-5-11(16)8-12(17)7-10/h2-3,6,9-12,14,17H,4-5,7-8,15H2,1H3. The summed E-state index contributed by atoms with van der Waals surface area (Å²) in [6, 6.07) is 5.03. The largest absolute Gasteiger partial charge is 0.468 e. The number of nitrogens with zero attached hydrogens (tertiary/aromatic N) is 1. The van der Waals surface area contributed by atoms with Gasteiger partial charge in [0.2, 0.25) is 0 Å². The molecule has 0 radical (unpaired) electrons. The van der Waals surface area contributed by atoms with E-state index in [9.17, 15) is 5.11 Å². The topological polar surface area (TPSA) is 62.6 Å². The summed E-state index contributed by atoms with van der Waals surface area (Å²) in [5.41, 5.74) is 6.18. The predicted octanol–water partition coefficient (Wildman–Crippen LogP) is 1.66. The second kappa shape index (κ2) is 4.68. The molecule has 1 aromatic rings. The lowest BCUT2D eigenvalue weighted by molar-refractivity contribution is -0.00157. The maximum absolute atomic E-state index is 9.88. The van der Waals surface area contributed by atoms with Crippen LogP contribution >= 0.6 is 0 Å². The number of fused-ring (bicyclic) bond motifs is 2. The number of nitrogens with two attached hydrogens (primary N) is 1. The minimum Gasteiger partial charge on any atom is -0.468 e. The van der Waals surface area contributed by atoms with Crippen molar-refractivity contribution in [3.8, 4) is 0 Å². The Hall–Kier alpha value is -0.840. The molecule has 2 fully saturated rings. The van der Waals surface area contributed by atoms with Gasteiger partial charge in [0.05, 0.1) is 18.4 Å². The predicted molar refractivity (Wildman–Crippen MR) is 69.0 cm³/mol. The van der Waals surface area contributed by atoms with E-state index in [1.54, 1.807) is 6.26 Å². The van der Waals surface area contributed by atoms with E-state index in [1.165, 1.54) is 12.8 Å². The summed E-state index contributed by atoms with van der Waals surface area (Å²) in [4.78, 5) is 2.50. The lowest BCUT2D eigenvalue weighted by atomic mass is 9.94. The van der Waals surface area contributed by atoms with Crippen LogP contribution in [-0.2, 0) is 0 Å². The van der Waals surface area contributed by atoms with Crippen LogP contribution in [0.5, 0.6) is 0 Å². The normalized spacial score (nSPS) is 35.6. The van der Waals surface area contributed by atoms with Gasteiger partial charge < -0.3 is 15.3 Å². The molecule has 2 aliphatic rings. The van der Waals surface area contributed by atoms with Crippen molar-refractivity contribution in [1.82, 2.24) is 4.90 Å². The monoisotopic (exact) mass is 250 g/mol. The van der Waals surface area contributed by atoms with Crippen LogP contribution in [-0.4, -0.2) is 34.2 Å². The molecule has 4 nitrogen and oxygen atoms in total. The summed E-state index contributed by atoms with van der Waals surface area (Å²) in [5.74, 6) is 0.957. The average molecular weight is 250 g/mol. The van der Waals surface area contributed by atoms with E-state index in [2.05, 4.69) is 4.90 Å². The molecule has 0 aliphatic carbocycles. The first-order valence-electron chi connectivity index (χ1n) is 6.91. The fourth-order valence-corrected chi connectivity index (χ4v) is 3.78. The number of aliphatic hydroxyl groups is 1. The maximum atomic E-state index is 9.88. The number of rotatable bonds is 3. The highest BCUT2D eigenvalue weighted by Crippen LogP contribution is 2.42. The van der Waals surface area contributed by atoms with Crippen molar-refractivity contribution in [3.05, 3.63) is 24.2 Å². The third-order valence-corrected chi connectivity index (χ3v) is 4.42. The number of aliphatic hydroxyl groups excluding tert-OH is 1. The summed E-state index contributed by atoms with van der Waals surface area (Å²) < 4.78 is 5.58. The molecule has 2 bridgehead atoms. The molecule has 4 unspecified atom stereocenters. The Balaban J connectivity index is 1.88. The van der Waals surface area contributed by atoms with E-state index in [0.29, 0.717) is 12.1 Å². The molecular formula is C14H22N2O2. The Kier molecular flexibility index (Phi) is 3.18. The first-order chi connectivity index (χ1) is 8.66. The molecule has 0 spiro atoms. The molecule has 18 heavy (non-hydrogen) atoms. The van der Waals surface area contributed by atoms with Gasteiger partial charge in [-0.1, -0.05) is 0 Å². The SMILES string of the molecule is CC(N)C(c1ccco1)N1C2CCC1CC(O)C2. The first-order valence-corrected chi connectivity index (χ1v) is 6.91. The number of piperidine rings is 1. The number of hydrogen-bond donors (Lipinski definition) is 2. The Morgan fingerprint density at radius 2 is 2.06 bits per heavy atom. The van der Waals surface area contributed by atoms with Crippen molar-refractivity contribution in [1.29, 1.82) is 0 Å². The minimum atomic E-state index is -0.135. The Morgan fingerprint density at radius 1 is 1.39 bits per heavy atom. The Labute approximate surface area is 108 Å². The van der Waals surface area contributed by atoms with Gasteiger partial charge in [-0.15, -0.1) is 0 Å². The zero-order chi connectivity index (χ0) is 12.7. The highest BCUT2D eigenvalue weighted by atomic mass is 16.3. The highest BCUT2D eigenvalue weighted by Gasteiger charge is 2.45. The molecule has 3 rings (SSSR count).